The van der Waals surface area contributed by atoms with E-state index in [2.05, 4.69) is 10.3 Å². The number of nitrogens with one attached hydrogen (secondary N) is 1. The molecule has 0 amide bonds. The molecule has 0 fully saturated rings. The molecule has 0 aromatic heterocycles. The summed E-state index contributed by atoms with van der Waals surface area (Å²) < 4.78 is 0. The molecule has 0 aromatic rings. The van der Waals surface area contributed by atoms with E-state index >= 15 is 0 Å². The van der Waals surface area contributed by atoms with Crippen LogP contribution >= 0.6 is 0 Å². The Balaban J connectivity index is 2.69. The van der Waals surface area contributed by atoms with E-state index in [1.54, 1.807) is 13.4 Å². The average molecular weight is 102 g/mol. The second-order valence-electron chi connectivity index (χ2n) is 1.07. The number of aliphatic hydroxyl groups excluding tert-OH is 1. The molecule has 0 rings (SSSR count). The lowest BCUT2D eigenvalue weighted by atomic mass is 10.7. The van der Waals surface area contributed by atoms with Crippen LogP contribution in [0, 0.1) is 0 Å². The molecular formula is C4H10N2O. The van der Waals surface area contributed by atoms with Crippen LogP contribution in [-0.4, -0.2) is 31.6 Å². The van der Waals surface area contributed by atoms with Gasteiger partial charge < -0.3 is 10.4 Å². The van der Waals surface area contributed by atoms with Gasteiger partial charge in [-0.15, -0.1) is 0 Å². The fourth-order valence-electron chi connectivity index (χ4n) is 0.220. The number of hydrogen-bond acceptors (Lipinski definition) is 2. The lowest BCUT2D eigenvalue weighted by Crippen LogP contribution is -2.15. The summed E-state index contributed by atoms with van der Waals surface area (Å²) >= 11 is 0. The SMILES string of the molecule is CN=CNCCO. The van der Waals surface area contributed by atoms with Crippen LogP contribution in [-0.2, 0) is 0 Å². The van der Waals surface area contributed by atoms with E-state index in [1.807, 2.05) is 0 Å². The Morgan fingerprint density at radius 3 is 3.00 bits per heavy atom. The molecule has 42 valence electrons. The van der Waals surface area contributed by atoms with E-state index < -0.39 is 0 Å². The monoisotopic (exact) mass is 102 g/mol. The molecule has 0 saturated heterocycles. The molecule has 0 spiro atoms. The molecule has 0 aromatic carbocycles. The molecule has 0 bridgehead atoms. The van der Waals surface area contributed by atoms with Gasteiger partial charge >= 0.3 is 0 Å². The molecule has 0 aliphatic heterocycles. The Morgan fingerprint density at radius 1 is 1.86 bits per heavy atom. The summed E-state index contributed by atoms with van der Waals surface area (Å²) in [6.45, 7) is 0.739. The van der Waals surface area contributed by atoms with Crippen LogP contribution in [0.1, 0.15) is 0 Å². The third-order valence-corrected chi connectivity index (χ3v) is 0.477. The zero-order chi connectivity index (χ0) is 5.54. The van der Waals surface area contributed by atoms with Crippen molar-refractivity contribution in [1.82, 2.24) is 5.32 Å². The molecule has 0 heterocycles. The molecule has 0 atom stereocenters. The van der Waals surface area contributed by atoms with Gasteiger partial charge in [0.25, 0.3) is 0 Å². The van der Waals surface area contributed by atoms with Gasteiger partial charge in [0, 0.05) is 13.6 Å². The van der Waals surface area contributed by atoms with Gasteiger partial charge in [-0.3, -0.25) is 4.99 Å². The minimum Gasteiger partial charge on any atom is -0.395 e. The number of rotatable bonds is 3. The van der Waals surface area contributed by atoms with Gasteiger partial charge in [-0.05, 0) is 0 Å². The molecule has 0 aliphatic rings. The Bertz CT molecular complexity index is 53.7. The number of aliphatic hydroxyl groups is 1. The van der Waals surface area contributed by atoms with E-state index in [0.717, 1.165) is 0 Å². The lowest BCUT2D eigenvalue weighted by molar-refractivity contribution is 0.301. The first-order chi connectivity index (χ1) is 3.41. The zero-order valence-electron chi connectivity index (χ0n) is 4.39. The standard InChI is InChI=1S/C4H10N2O/c1-5-4-6-2-3-7/h4,7H,2-3H2,1H3,(H,5,6). The van der Waals surface area contributed by atoms with E-state index in [-0.39, 0.29) is 6.61 Å². The summed E-state index contributed by atoms with van der Waals surface area (Å²) in [6, 6.07) is 0. The average Bonchev–Trinajstić information content (AvgIpc) is 1.69. The zero-order valence-corrected chi connectivity index (χ0v) is 4.39. The van der Waals surface area contributed by atoms with Crippen molar-refractivity contribution in [2.45, 2.75) is 0 Å². The summed E-state index contributed by atoms with van der Waals surface area (Å²) in [5.74, 6) is 0. The van der Waals surface area contributed by atoms with Crippen molar-refractivity contribution in [3.05, 3.63) is 0 Å². The van der Waals surface area contributed by atoms with E-state index in [4.69, 9.17) is 5.11 Å². The van der Waals surface area contributed by atoms with Crippen LogP contribution in [0.4, 0.5) is 0 Å². The highest BCUT2D eigenvalue weighted by Crippen LogP contribution is 1.49. The topological polar surface area (TPSA) is 44.6 Å². The predicted octanol–water partition coefficient (Wildman–Crippen LogP) is -0.774. The van der Waals surface area contributed by atoms with Crippen LogP contribution in [0.25, 0.3) is 0 Å². The fraction of sp³-hybridized carbons (Fsp3) is 0.750. The van der Waals surface area contributed by atoms with E-state index in [9.17, 15) is 0 Å². The first-order valence-electron chi connectivity index (χ1n) is 2.16. The Labute approximate surface area is 43.1 Å². The first-order valence-corrected chi connectivity index (χ1v) is 2.16. The minimum atomic E-state index is 0.159. The van der Waals surface area contributed by atoms with Crippen LogP contribution in [0.15, 0.2) is 4.99 Å². The summed E-state index contributed by atoms with van der Waals surface area (Å²) in [5, 5.41) is 10.9. The maximum atomic E-state index is 8.17. The smallest absolute Gasteiger partial charge is 0.0821 e. The van der Waals surface area contributed by atoms with Gasteiger partial charge in [0.15, 0.2) is 0 Å². The Hall–Kier alpha value is -0.570. The van der Waals surface area contributed by atoms with Gasteiger partial charge in [0.1, 0.15) is 0 Å². The van der Waals surface area contributed by atoms with Crippen LogP contribution in [0.2, 0.25) is 0 Å². The molecule has 0 saturated carbocycles. The Morgan fingerprint density at radius 2 is 2.57 bits per heavy atom. The van der Waals surface area contributed by atoms with Crippen molar-refractivity contribution in [2.75, 3.05) is 20.2 Å². The quantitative estimate of drug-likeness (QED) is 0.279. The largest absolute Gasteiger partial charge is 0.395 e. The molecule has 2 N–H and O–H groups in total. The maximum absolute atomic E-state index is 8.17. The van der Waals surface area contributed by atoms with Gasteiger partial charge in [0.05, 0.1) is 12.9 Å². The summed E-state index contributed by atoms with van der Waals surface area (Å²) in [6.07, 6.45) is 1.55. The highest BCUT2D eigenvalue weighted by Gasteiger charge is 1.70. The van der Waals surface area contributed by atoms with Gasteiger partial charge in [-0.2, -0.15) is 0 Å². The molecule has 7 heavy (non-hydrogen) atoms. The summed E-state index contributed by atoms with van der Waals surface area (Å²) in [4.78, 5) is 3.63. The first kappa shape index (κ1) is 6.43. The van der Waals surface area contributed by atoms with Crippen molar-refractivity contribution in [3.8, 4) is 0 Å². The van der Waals surface area contributed by atoms with Crippen LogP contribution < -0.4 is 5.32 Å². The molecule has 0 unspecified atom stereocenters. The molecule has 0 aliphatic carbocycles. The van der Waals surface area contributed by atoms with E-state index in [1.165, 1.54) is 0 Å². The van der Waals surface area contributed by atoms with Crippen molar-refractivity contribution < 1.29 is 5.11 Å². The normalized spacial score (nSPS) is 10.0. The van der Waals surface area contributed by atoms with Gasteiger partial charge in [-0.1, -0.05) is 0 Å². The lowest BCUT2D eigenvalue weighted by Gasteiger charge is -1.89. The van der Waals surface area contributed by atoms with Crippen LogP contribution in [0.3, 0.4) is 0 Å². The second kappa shape index (κ2) is 5.43. The predicted molar refractivity (Wildman–Crippen MR) is 29.5 cm³/mol. The number of hydrogen-bond donors (Lipinski definition) is 2. The van der Waals surface area contributed by atoms with Crippen molar-refractivity contribution in [3.63, 3.8) is 0 Å². The van der Waals surface area contributed by atoms with Crippen molar-refractivity contribution in [1.29, 1.82) is 0 Å². The summed E-state index contributed by atoms with van der Waals surface area (Å²) in [5.41, 5.74) is 0. The Kier molecular flexibility index (Phi) is 4.99. The van der Waals surface area contributed by atoms with Crippen molar-refractivity contribution >= 4 is 6.34 Å². The second-order valence-corrected chi connectivity index (χ2v) is 1.07. The number of nitrogens with zero attached hydrogens (tertiary/aromatic N) is 1. The molecular weight excluding hydrogens is 92.1 g/mol. The van der Waals surface area contributed by atoms with Crippen molar-refractivity contribution in [2.24, 2.45) is 4.99 Å². The third kappa shape index (κ3) is 5.43. The van der Waals surface area contributed by atoms with Gasteiger partial charge in [-0.25, -0.2) is 0 Å². The molecule has 0 radical (unpaired) electrons. The molecule has 3 nitrogen and oxygen atoms in total. The van der Waals surface area contributed by atoms with Gasteiger partial charge in [0.2, 0.25) is 0 Å². The molecule has 3 heteroatoms. The highest BCUT2D eigenvalue weighted by atomic mass is 16.3. The third-order valence-electron chi connectivity index (χ3n) is 0.477. The number of aliphatic imine (C=N–C) groups is 1. The highest BCUT2D eigenvalue weighted by molar-refractivity contribution is 5.53. The minimum absolute atomic E-state index is 0.159. The van der Waals surface area contributed by atoms with Crippen LogP contribution in [0.5, 0.6) is 0 Å². The maximum Gasteiger partial charge on any atom is 0.0821 e. The fourth-order valence-corrected chi connectivity index (χ4v) is 0.220. The summed E-state index contributed by atoms with van der Waals surface area (Å²) in [7, 11) is 1.67. The van der Waals surface area contributed by atoms with E-state index in [0.29, 0.717) is 6.54 Å².